The summed E-state index contributed by atoms with van der Waals surface area (Å²) >= 11 is 0. The molecule has 1 heterocycles. The first-order valence-electron chi connectivity index (χ1n) is 5.34. The topological polar surface area (TPSA) is 25.8 Å². The van der Waals surface area contributed by atoms with Crippen molar-refractivity contribution in [3.63, 3.8) is 0 Å². The molecule has 0 aliphatic heterocycles. The van der Waals surface area contributed by atoms with Gasteiger partial charge in [-0.15, -0.1) is 0 Å². The van der Waals surface area contributed by atoms with Gasteiger partial charge in [-0.05, 0) is 35.9 Å². The van der Waals surface area contributed by atoms with E-state index in [-0.39, 0.29) is 5.56 Å². The van der Waals surface area contributed by atoms with E-state index in [1.165, 1.54) is 24.4 Å². The number of nitrogens with zero attached hydrogens (tertiary/aromatic N) is 2. The lowest BCUT2D eigenvalue weighted by atomic mass is 10.2. The van der Waals surface area contributed by atoms with Crippen molar-refractivity contribution in [2.24, 2.45) is 0 Å². The Labute approximate surface area is 111 Å². The molecule has 0 saturated carbocycles. The van der Waals surface area contributed by atoms with Crippen LogP contribution >= 0.6 is 10.2 Å². The van der Waals surface area contributed by atoms with Gasteiger partial charge in [-0.3, -0.25) is 0 Å². The van der Waals surface area contributed by atoms with Crippen LogP contribution in [-0.2, 0) is 0 Å². The first kappa shape index (κ1) is 14.4. The van der Waals surface area contributed by atoms with E-state index in [4.69, 9.17) is 0 Å². The average molecular weight is 308 g/mol. The third kappa shape index (κ3) is 3.77. The second-order valence-electron chi connectivity index (χ2n) is 4.02. The lowest BCUT2D eigenvalue weighted by Crippen LogP contribution is -2.05. The van der Waals surface area contributed by atoms with Crippen LogP contribution in [0.15, 0.2) is 47.5 Å². The second-order valence-corrected chi connectivity index (χ2v) is 6.43. The van der Waals surface area contributed by atoms with Crippen LogP contribution in [0, 0.1) is 0 Å². The Hall–Kier alpha value is -1.96. The molecule has 1 aromatic carbocycles. The van der Waals surface area contributed by atoms with Gasteiger partial charge in [-0.2, -0.15) is 10.2 Å². The zero-order valence-electron chi connectivity index (χ0n) is 9.89. The van der Waals surface area contributed by atoms with Gasteiger partial charge in [0, 0.05) is 6.20 Å². The number of benzene rings is 1. The molecular weight excluding hydrogens is 299 g/mol. The lowest BCUT2D eigenvalue weighted by molar-refractivity contribution is 0.364. The van der Waals surface area contributed by atoms with E-state index in [1.54, 1.807) is 12.1 Å². The van der Waals surface area contributed by atoms with Gasteiger partial charge in [-0.25, -0.2) is 0 Å². The number of hydrogen-bond acceptors (Lipinski definition) is 2. The Balaban J connectivity index is 2.36. The largest absolute Gasteiger partial charge is 0.310 e. The van der Waals surface area contributed by atoms with E-state index in [9.17, 15) is 19.4 Å². The minimum Gasteiger partial charge on any atom is -0.159 e. The van der Waals surface area contributed by atoms with Gasteiger partial charge in [0.2, 0.25) is 0 Å². The summed E-state index contributed by atoms with van der Waals surface area (Å²) in [5.41, 5.74) is 0.409. The highest BCUT2D eigenvalue weighted by Crippen LogP contribution is 3.02. The van der Waals surface area contributed by atoms with Gasteiger partial charge in [-0.1, -0.05) is 37.6 Å². The molecule has 2 nitrogen and oxygen atoms in total. The molecule has 20 heavy (non-hydrogen) atoms. The summed E-state index contributed by atoms with van der Waals surface area (Å²) in [6.45, 7) is 0. The van der Waals surface area contributed by atoms with E-state index in [0.717, 1.165) is 6.07 Å². The molecule has 2 rings (SSSR count). The molecule has 0 spiro atoms. The minimum absolute atomic E-state index is 0.00130. The Bertz CT molecular complexity index is 652. The Morgan fingerprint density at radius 1 is 0.900 bits per heavy atom. The molecular formula is C12H9F5N2S. The molecule has 2 aromatic rings. The molecule has 0 bridgehead atoms. The Kier molecular flexibility index (Phi) is 2.90. The van der Waals surface area contributed by atoms with Gasteiger partial charge in [0.05, 0.1) is 5.69 Å². The molecule has 0 aliphatic rings. The standard InChI is InChI=1S/C12H9F5N2S/c13-20(14,15,16,17)12-5-1-3-10(9-12)6-7-11-4-2-8-18-19-11/h1-9H/b7-6+. The number of hydrogen-bond donors (Lipinski definition) is 0. The van der Waals surface area contributed by atoms with E-state index in [0.29, 0.717) is 17.8 Å². The zero-order chi connectivity index (χ0) is 14.9. The van der Waals surface area contributed by atoms with Crippen LogP contribution in [0.5, 0.6) is 0 Å². The summed E-state index contributed by atoms with van der Waals surface area (Å²) < 4.78 is 63.2. The Morgan fingerprint density at radius 2 is 1.65 bits per heavy atom. The predicted molar refractivity (Wildman–Crippen MR) is 68.8 cm³/mol. The first-order valence-corrected chi connectivity index (χ1v) is 7.30. The average Bonchev–Trinajstić information content (AvgIpc) is 2.35. The van der Waals surface area contributed by atoms with Crippen molar-refractivity contribution in [2.75, 3.05) is 0 Å². The second kappa shape index (κ2) is 4.02. The minimum atomic E-state index is -9.64. The van der Waals surface area contributed by atoms with E-state index in [2.05, 4.69) is 10.2 Å². The fourth-order valence-electron chi connectivity index (χ4n) is 1.44. The van der Waals surface area contributed by atoms with E-state index in [1.807, 2.05) is 0 Å². The number of aromatic nitrogens is 2. The van der Waals surface area contributed by atoms with Crippen LogP contribution in [0.25, 0.3) is 12.2 Å². The fraction of sp³-hybridized carbons (Fsp3) is 0. The summed E-state index contributed by atoms with van der Waals surface area (Å²) in [7, 11) is -9.64. The van der Waals surface area contributed by atoms with Crippen LogP contribution in [0.4, 0.5) is 19.4 Å². The zero-order valence-corrected chi connectivity index (χ0v) is 10.7. The summed E-state index contributed by atoms with van der Waals surface area (Å²) in [6, 6.07) is 6.18. The van der Waals surface area contributed by atoms with Gasteiger partial charge in [0.25, 0.3) is 0 Å². The molecule has 0 N–H and O–H groups in total. The van der Waals surface area contributed by atoms with Crippen LogP contribution in [-0.4, -0.2) is 10.2 Å². The SMILES string of the molecule is FS(F)(F)(F)(F)c1cccc(/C=C/c2cccnn2)c1. The lowest BCUT2D eigenvalue weighted by Gasteiger charge is -2.40. The van der Waals surface area contributed by atoms with Crippen molar-refractivity contribution in [3.8, 4) is 0 Å². The van der Waals surface area contributed by atoms with Crippen LogP contribution in [0.3, 0.4) is 0 Å². The highest BCUT2D eigenvalue weighted by Gasteiger charge is 2.65. The highest BCUT2D eigenvalue weighted by atomic mass is 32.5. The normalized spacial score (nSPS) is 15.8. The fourth-order valence-corrected chi connectivity index (χ4v) is 2.14. The number of halogens is 5. The Morgan fingerprint density at radius 3 is 2.25 bits per heavy atom. The molecule has 0 radical (unpaired) electrons. The third-order valence-corrected chi connectivity index (χ3v) is 3.49. The molecule has 8 heteroatoms. The molecule has 0 saturated heterocycles. The van der Waals surface area contributed by atoms with Gasteiger partial charge in [0.1, 0.15) is 4.90 Å². The highest BCUT2D eigenvalue weighted by molar-refractivity contribution is 8.45. The molecule has 0 aliphatic carbocycles. The number of rotatable bonds is 3. The molecule has 1 aromatic heterocycles. The van der Waals surface area contributed by atoms with Gasteiger partial charge >= 0.3 is 10.2 Å². The summed E-state index contributed by atoms with van der Waals surface area (Å²) in [6.07, 6.45) is 4.08. The van der Waals surface area contributed by atoms with Crippen LogP contribution in [0.2, 0.25) is 0 Å². The summed E-state index contributed by atoms with van der Waals surface area (Å²) in [5, 5.41) is 7.27. The van der Waals surface area contributed by atoms with Crippen molar-refractivity contribution in [2.45, 2.75) is 4.90 Å². The molecule has 0 amide bonds. The maximum Gasteiger partial charge on any atom is 0.310 e. The van der Waals surface area contributed by atoms with Crippen molar-refractivity contribution >= 4 is 22.4 Å². The van der Waals surface area contributed by atoms with Crippen molar-refractivity contribution in [1.82, 2.24) is 10.2 Å². The third-order valence-electron chi connectivity index (χ3n) is 2.34. The first-order chi connectivity index (χ1) is 9.04. The molecule has 108 valence electrons. The molecule has 0 atom stereocenters. The monoisotopic (exact) mass is 308 g/mol. The smallest absolute Gasteiger partial charge is 0.159 e. The van der Waals surface area contributed by atoms with Gasteiger partial charge in [0.15, 0.2) is 0 Å². The predicted octanol–water partition coefficient (Wildman–Crippen LogP) is 5.30. The molecule has 0 unspecified atom stereocenters. The van der Waals surface area contributed by atoms with Crippen molar-refractivity contribution < 1.29 is 19.4 Å². The summed E-state index contributed by atoms with van der Waals surface area (Å²) in [4.78, 5) is -1.91. The van der Waals surface area contributed by atoms with Gasteiger partial charge < -0.3 is 0 Å². The van der Waals surface area contributed by atoms with Crippen molar-refractivity contribution in [1.29, 1.82) is 0 Å². The maximum absolute atomic E-state index is 12.6. The van der Waals surface area contributed by atoms with Crippen LogP contribution in [0.1, 0.15) is 11.3 Å². The van der Waals surface area contributed by atoms with Crippen LogP contribution < -0.4 is 0 Å². The quantitative estimate of drug-likeness (QED) is 0.719. The van der Waals surface area contributed by atoms with E-state index >= 15 is 0 Å². The summed E-state index contributed by atoms with van der Waals surface area (Å²) in [5.74, 6) is 0. The van der Waals surface area contributed by atoms with E-state index < -0.39 is 15.1 Å². The van der Waals surface area contributed by atoms with Crippen molar-refractivity contribution in [3.05, 3.63) is 53.9 Å². The maximum atomic E-state index is 12.6. The molecule has 0 fully saturated rings.